The number of hydrogen-bond donors (Lipinski definition) is 0. The summed E-state index contributed by atoms with van der Waals surface area (Å²) in [6, 6.07) is 0. The van der Waals surface area contributed by atoms with Crippen LogP contribution < -0.4 is 0 Å². The molecule has 0 aromatic heterocycles. The molecule has 1 saturated heterocycles. The van der Waals surface area contributed by atoms with Crippen molar-refractivity contribution in [1.82, 2.24) is 0 Å². The van der Waals surface area contributed by atoms with E-state index < -0.39 is 0 Å². The maximum atomic E-state index is 4.96. The van der Waals surface area contributed by atoms with E-state index in [1.54, 1.807) is 0 Å². The SMILES string of the molecule is C=C1COCCO1.Cl. The summed E-state index contributed by atoms with van der Waals surface area (Å²) >= 11 is 0. The molecule has 0 aromatic carbocycles. The van der Waals surface area contributed by atoms with E-state index in [1.165, 1.54) is 0 Å². The summed E-state index contributed by atoms with van der Waals surface area (Å²) in [5.74, 6) is 0.742. The summed E-state index contributed by atoms with van der Waals surface area (Å²) in [4.78, 5) is 0. The zero-order valence-electron chi connectivity index (χ0n) is 4.55. The Hall–Kier alpha value is -0.210. The van der Waals surface area contributed by atoms with Crippen LogP contribution in [-0.2, 0) is 9.47 Å². The molecule has 0 aromatic rings. The first-order chi connectivity index (χ1) is 3.39. The van der Waals surface area contributed by atoms with Crippen molar-refractivity contribution in [2.75, 3.05) is 19.8 Å². The van der Waals surface area contributed by atoms with E-state index in [0.717, 1.165) is 5.76 Å². The molecule has 3 heteroatoms. The van der Waals surface area contributed by atoms with Crippen molar-refractivity contribution < 1.29 is 9.47 Å². The molecule has 0 amide bonds. The molecule has 0 saturated carbocycles. The molecule has 8 heavy (non-hydrogen) atoms. The molecule has 0 radical (unpaired) electrons. The normalized spacial score (nSPS) is 18.8. The van der Waals surface area contributed by atoms with Crippen LogP contribution in [0.4, 0.5) is 0 Å². The van der Waals surface area contributed by atoms with Gasteiger partial charge in [-0.05, 0) is 0 Å². The summed E-state index contributed by atoms with van der Waals surface area (Å²) in [5, 5.41) is 0. The molecular formula is C5H9ClO2. The van der Waals surface area contributed by atoms with Gasteiger partial charge in [-0.3, -0.25) is 0 Å². The quantitative estimate of drug-likeness (QED) is 0.494. The van der Waals surface area contributed by atoms with E-state index in [4.69, 9.17) is 9.47 Å². The fourth-order valence-corrected chi connectivity index (χ4v) is 0.473. The largest absolute Gasteiger partial charge is 0.494 e. The maximum Gasteiger partial charge on any atom is 0.115 e. The lowest BCUT2D eigenvalue weighted by Crippen LogP contribution is -2.14. The molecule has 0 spiro atoms. The highest BCUT2D eigenvalue weighted by Gasteiger charge is 2.00. The number of ether oxygens (including phenoxy) is 2. The Kier molecular flexibility index (Phi) is 3.65. The lowest BCUT2D eigenvalue weighted by molar-refractivity contribution is 0.0143. The lowest BCUT2D eigenvalue weighted by atomic mass is 10.5. The van der Waals surface area contributed by atoms with Gasteiger partial charge in [-0.25, -0.2) is 0 Å². The first kappa shape index (κ1) is 7.79. The molecule has 1 heterocycles. The summed E-state index contributed by atoms with van der Waals surface area (Å²) in [7, 11) is 0. The number of halogens is 1. The number of rotatable bonds is 0. The molecule has 0 unspecified atom stereocenters. The highest BCUT2D eigenvalue weighted by molar-refractivity contribution is 5.85. The molecule has 2 nitrogen and oxygen atoms in total. The molecule has 0 N–H and O–H groups in total. The van der Waals surface area contributed by atoms with Crippen LogP contribution in [0.2, 0.25) is 0 Å². The van der Waals surface area contributed by atoms with Crippen molar-refractivity contribution in [3.8, 4) is 0 Å². The van der Waals surface area contributed by atoms with Crippen molar-refractivity contribution in [1.29, 1.82) is 0 Å². The van der Waals surface area contributed by atoms with Gasteiger partial charge in [-0.15, -0.1) is 12.4 Å². The minimum atomic E-state index is 0. The lowest BCUT2D eigenvalue weighted by Gasteiger charge is -2.14. The van der Waals surface area contributed by atoms with E-state index in [1.807, 2.05) is 0 Å². The standard InChI is InChI=1S/C5H8O2.ClH/c1-5-4-6-2-3-7-5;/h1-4H2;1H. The summed E-state index contributed by atoms with van der Waals surface area (Å²) < 4.78 is 9.92. The fraction of sp³-hybridized carbons (Fsp3) is 0.600. The van der Waals surface area contributed by atoms with Gasteiger partial charge in [0.25, 0.3) is 0 Å². The van der Waals surface area contributed by atoms with Crippen LogP contribution in [0.15, 0.2) is 12.3 Å². The van der Waals surface area contributed by atoms with Crippen LogP contribution in [0.25, 0.3) is 0 Å². The molecule has 48 valence electrons. The van der Waals surface area contributed by atoms with Crippen molar-refractivity contribution in [3.63, 3.8) is 0 Å². The van der Waals surface area contributed by atoms with E-state index in [0.29, 0.717) is 19.8 Å². The van der Waals surface area contributed by atoms with Gasteiger partial charge in [0, 0.05) is 0 Å². The van der Waals surface area contributed by atoms with Crippen LogP contribution in [0, 0.1) is 0 Å². The van der Waals surface area contributed by atoms with Crippen molar-refractivity contribution >= 4 is 12.4 Å². The van der Waals surface area contributed by atoms with E-state index in [-0.39, 0.29) is 12.4 Å². The molecule has 0 bridgehead atoms. The van der Waals surface area contributed by atoms with Gasteiger partial charge in [0.15, 0.2) is 0 Å². The average molecular weight is 137 g/mol. The van der Waals surface area contributed by atoms with Gasteiger partial charge < -0.3 is 9.47 Å². The smallest absolute Gasteiger partial charge is 0.115 e. The first-order valence-electron chi connectivity index (χ1n) is 2.28. The van der Waals surface area contributed by atoms with E-state index in [2.05, 4.69) is 6.58 Å². The van der Waals surface area contributed by atoms with Crippen LogP contribution in [-0.4, -0.2) is 19.8 Å². The van der Waals surface area contributed by atoms with E-state index >= 15 is 0 Å². The van der Waals surface area contributed by atoms with Gasteiger partial charge in [0.05, 0.1) is 6.61 Å². The zero-order valence-corrected chi connectivity index (χ0v) is 5.37. The highest BCUT2D eigenvalue weighted by atomic mass is 35.5. The van der Waals surface area contributed by atoms with Gasteiger partial charge in [-0.1, -0.05) is 6.58 Å². The molecular weight excluding hydrogens is 128 g/mol. The molecule has 1 aliphatic heterocycles. The second-order valence-corrected chi connectivity index (χ2v) is 1.44. The zero-order chi connectivity index (χ0) is 5.11. The van der Waals surface area contributed by atoms with Crippen molar-refractivity contribution in [2.24, 2.45) is 0 Å². The number of hydrogen-bond acceptors (Lipinski definition) is 2. The second kappa shape index (κ2) is 3.75. The van der Waals surface area contributed by atoms with Gasteiger partial charge in [0.2, 0.25) is 0 Å². The Labute approximate surface area is 54.9 Å². The fourth-order valence-electron chi connectivity index (χ4n) is 0.473. The van der Waals surface area contributed by atoms with Gasteiger partial charge >= 0.3 is 0 Å². The Morgan fingerprint density at radius 2 is 2.12 bits per heavy atom. The van der Waals surface area contributed by atoms with Crippen LogP contribution >= 0.6 is 12.4 Å². The third kappa shape index (κ3) is 2.19. The first-order valence-corrected chi connectivity index (χ1v) is 2.28. The van der Waals surface area contributed by atoms with Crippen LogP contribution in [0.1, 0.15) is 0 Å². The predicted octanol–water partition coefficient (Wildman–Crippen LogP) is 0.969. The van der Waals surface area contributed by atoms with Gasteiger partial charge in [-0.2, -0.15) is 0 Å². The molecule has 0 aliphatic carbocycles. The summed E-state index contributed by atoms with van der Waals surface area (Å²) in [5.41, 5.74) is 0. The maximum absolute atomic E-state index is 4.96. The highest BCUT2D eigenvalue weighted by Crippen LogP contribution is 1.99. The minimum absolute atomic E-state index is 0. The van der Waals surface area contributed by atoms with Crippen molar-refractivity contribution in [2.45, 2.75) is 0 Å². The van der Waals surface area contributed by atoms with E-state index in [9.17, 15) is 0 Å². The molecule has 0 atom stereocenters. The molecule has 1 aliphatic rings. The third-order valence-electron chi connectivity index (χ3n) is 0.797. The topological polar surface area (TPSA) is 18.5 Å². The Balaban J connectivity index is 0.000000490. The minimum Gasteiger partial charge on any atom is -0.494 e. The Morgan fingerprint density at radius 3 is 2.38 bits per heavy atom. The summed E-state index contributed by atoms with van der Waals surface area (Å²) in [6.45, 7) is 5.51. The summed E-state index contributed by atoms with van der Waals surface area (Å²) in [6.07, 6.45) is 0. The molecule has 1 fully saturated rings. The van der Waals surface area contributed by atoms with Crippen LogP contribution in [0.3, 0.4) is 0 Å². The van der Waals surface area contributed by atoms with Crippen molar-refractivity contribution in [3.05, 3.63) is 12.3 Å². The van der Waals surface area contributed by atoms with Crippen LogP contribution in [0.5, 0.6) is 0 Å². The third-order valence-corrected chi connectivity index (χ3v) is 0.797. The van der Waals surface area contributed by atoms with Gasteiger partial charge in [0.1, 0.15) is 19.0 Å². The second-order valence-electron chi connectivity index (χ2n) is 1.44. The average Bonchev–Trinajstić information content (AvgIpc) is 1.69. The Morgan fingerprint density at radius 1 is 1.38 bits per heavy atom. The monoisotopic (exact) mass is 136 g/mol. The Bertz CT molecular complexity index is 74.5. The molecule has 1 rings (SSSR count). The predicted molar refractivity (Wildman–Crippen MR) is 33.2 cm³/mol.